The van der Waals surface area contributed by atoms with Crippen LogP contribution in [0.5, 0.6) is 0 Å². The normalized spacial score (nSPS) is 14.4. The maximum Gasteiger partial charge on any atom is 0.242 e. The summed E-state index contributed by atoms with van der Waals surface area (Å²) in [6, 6.07) is 19.7. The number of amides is 2. The van der Waals surface area contributed by atoms with Gasteiger partial charge in [0.1, 0.15) is 5.41 Å². The van der Waals surface area contributed by atoms with Gasteiger partial charge in [-0.05, 0) is 43.4 Å². The number of carbonyl (C=O) groups is 2. The maximum atomic E-state index is 13.7. The fourth-order valence-corrected chi connectivity index (χ4v) is 3.71. The lowest BCUT2D eigenvalue weighted by molar-refractivity contribution is -0.143. The van der Waals surface area contributed by atoms with Crippen LogP contribution in [0.2, 0.25) is 0 Å². The molecule has 1 fully saturated rings. The Kier molecular flexibility index (Phi) is 6.50. The van der Waals surface area contributed by atoms with E-state index in [9.17, 15) is 9.59 Å². The highest BCUT2D eigenvalue weighted by Crippen LogP contribution is 2.49. The molecule has 0 aromatic heterocycles. The highest BCUT2D eigenvalue weighted by atomic mass is 16.2. The molecular weight excluding hydrogens is 348 g/mol. The number of hydrogen-bond donors (Lipinski definition) is 0. The van der Waals surface area contributed by atoms with Gasteiger partial charge in [0, 0.05) is 18.8 Å². The molecule has 28 heavy (non-hydrogen) atoms. The largest absolute Gasteiger partial charge is 0.342 e. The van der Waals surface area contributed by atoms with Crippen molar-refractivity contribution in [3.63, 3.8) is 0 Å². The van der Waals surface area contributed by atoms with E-state index in [0.717, 1.165) is 24.1 Å². The quantitative estimate of drug-likeness (QED) is 0.596. The van der Waals surface area contributed by atoms with E-state index in [1.54, 1.807) is 4.90 Å². The summed E-state index contributed by atoms with van der Waals surface area (Å²) >= 11 is 0. The lowest BCUT2D eigenvalue weighted by atomic mass is 10.0. The molecule has 1 aliphatic carbocycles. The Hall–Kier alpha value is -2.62. The number of benzene rings is 2. The van der Waals surface area contributed by atoms with Gasteiger partial charge in [0.2, 0.25) is 11.8 Å². The molecule has 4 nitrogen and oxygen atoms in total. The van der Waals surface area contributed by atoms with Crippen LogP contribution in [0.3, 0.4) is 0 Å². The molecule has 148 valence electrons. The molecule has 1 saturated carbocycles. The topological polar surface area (TPSA) is 40.6 Å². The van der Waals surface area contributed by atoms with Crippen LogP contribution >= 0.6 is 0 Å². The average molecular weight is 379 g/mol. The second-order valence-corrected chi connectivity index (χ2v) is 7.59. The Morgan fingerprint density at radius 3 is 1.86 bits per heavy atom. The summed E-state index contributed by atoms with van der Waals surface area (Å²) in [7, 11) is 0. The van der Waals surface area contributed by atoms with Crippen LogP contribution in [0.25, 0.3) is 0 Å². The Bertz CT molecular complexity index is 779. The van der Waals surface area contributed by atoms with Gasteiger partial charge in [0.15, 0.2) is 0 Å². The lowest BCUT2D eigenvalue weighted by Gasteiger charge is -2.31. The molecule has 2 amide bonds. The van der Waals surface area contributed by atoms with Gasteiger partial charge in [-0.3, -0.25) is 9.59 Å². The van der Waals surface area contributed by atoms with Gasteiger partial charge in [-0.2, -0.15) is 0 Å². The number of anilines is 1. The van der Waals surface area contributed by atoms with Crippen LogP contribution in [0, 0.1) is 5.41 Å². The third-order valence-corrected chi connectivity index (χ3v) is 5.34. The van der Waals surface area contributed by atoms with Crippen molar-refractivity contribution in [1.82, 2.24) is 4.90 Å². The van der Waals surface area contributed by atoms with Crippen LogP contribution < -0.4 is 4.90 Å². The van der Waals surface area contributed by atoms with Crippen molar-refractivity contribution in [2.24, 2.45) is 5.41 Å². The zero-order valence-corrected chi connectivity index (χ0v) is 16.9. The third-order valence-electron chi connectivity index (χ3n) is 5.34. The second kappa shape index (κ2) is 9.05. The van der Waals surface area contributed by atoms with Crippen molar-refractivity contribution in [3.05, 3.63) is 66.2 Å². The molecule has 1 aliphatic rings. The van der Waals surface area contributed by atoms with E-state index in [2.05, 4.69) is 13.8 Å². The molecule has 0 saturated heterocycles. The van der Waals surface area contributed by atoms with Crippen LogP contribution in [-0.4, -0.2) is 29.8 Å². The minimum absolute atomic E-state index is 0.00944. The van der Waals surface area contributed by atoms with E-state index < -0.39 is 5.41 Å². The van der Waals surface area contributed by atoms with Gasteiger partial charge in [0.05, 0.1) is 6.54 Å². The average Bonchev–Trinajstić information content (AvgIpc) is 3.54. The monoisotopic (exact) mass is 378 g/mol. The van der Waals surface area contributed by atoms with Crippen molar-refractivity contribution in [2.75, 3.05) is 18.0 Å². The third kappa shape index (κ3) is 4.27. The zero-order chi connectivity index (χ0) is 20.0. The second-order valence-electron chi connectivity index (χ2n) is 7.59. The van der Waals surface area contributed by atoms with Gasteiger partial charge in [-0.15, -0.1) is 0 Å². The van der Waals surface area contributed by atoms with E-state index in [-0.39, 0.29) is 11.8 Å². The Morgan fingerprint density at radius 1 is 0.821 bits per heavy atom. The van der Waals surface area contributed by atoms with Crippen LogP contribution in [0.1, 0.15) is 45.1 Å². The number of rotatable bonds is 9. The molecule has 0 radical (unpaired) electrons. The van der Waals surface area contributed by atoms with Crippen molar-refractivity contribution in [1.29, 1.82) is 0 Å². The van der Waals surface area contributed by atoms with Crippen molar-refractivity contribution >= 4 is 17.5 Å². The number of hydrogen-bond acceptors (Lipinski definition) is 2. The number of para-hydroxylation sites is 1. The first-order valence-electron chi connectivity index (χ1n) is 10.3. The first-order chi connectivity index (χ1) is 13.6. The first-order valence-corrected chi connectivity index (χ1v) is 10.3. The SMILES string of the molecule is CCCN(CCC)C(=O)C1(C(=O)N(Cc2ccccc2)c2ccccc2)CC1. The van der Waals surface area contributed by atoms with Gasteiger partial charge < -0.3 is 9.80 Å². The minimum Gasteiger partial charge on any atom is -0.342 e. The molecule has 0 aliphatic heterocycles. The van der Waals surface area contributed by atoms with Gasteiger partial charge >= 0.3 is 0 Å². The smallest absolute Gasteiger partial charge is 0.242 e. The number of nitrogens with zero attached hydrogens (tertiary/aromatic N) is 2. The molecule has 0 unspecified atom stereocenters. The summed E-state index contributed by atoms with van der Waals surface area (Å²) in [6.45, 7) is 6.05. The maximum absolute atomic E-state index is 13.7. The van der Waals surface area contributed by atoms with Crippen LogP contribution in [-0.2, 0) is 16.1 Å². The van der Waals surface area contributed by atoms with Gasteiger partial charge in [-0.25, -0.2) is 0 Å². The molecule has 2 aromatic carbocycles. The molecule has 0 spiro atoms. The van der Waals surface area contributed by atoms with Crippen LogP contribution in [0.4, 0.5) is 5.69 Å². The first kappa shape index (κ1) is 20.1. The number of carbonyl (C=O) groups excluding carboxylic acids is 2. The van der Waals surface area contributed by atoms with E-state index >= 15 is 0 Å². The summed E-state index contributed by atoms with van der Waals surface area (Å²) < 4.78 is 0. The van der Waals surface area contributed by atoms with E-state index in [1.165, 1.54) is 0 Å². The Balaban J connectivity index is 1.89. The Morgan fingerprint density at radius 2 is 1.36 bits per heavy atom. The highest BCUT2D eigenvalue weighted by Gasteiger charge is 2.59. The summed E-state index contributed by atoms with van der Waals surface area (Å²) in [5.74, 6) is -0.0556. The van der Waals surface area contributed by atoms with E-state index in [0.29, 0.717) is 32.5 Å². The van der Waals surface area contributed by atoms with Crippen molar-refractivity contribution in [3.8, 4) is 0 Å². The summed E-state index contributed by atoms with van der Waals surface area (Å²) in [4.78, 5) is 30.7. The molecule has 0 heterocycles. The Labute approximate surface area is 168 Å². The predicted octanol–water partition coefficient (Wildman–Crippen LogP) is 4.65. The zero-order valence-electron chi connectivity index (χ0n) is 16.9. The molecule has 3 rings (SSSR count). The van der Waals surface area contributed by atoms with Gasteiger partial charge in [-0.1, -0.05) is 62.4 Å². The van der Waals surface area contributed by atoms with Crippen molar-refractivity contribution < 1.29 is 9.59 Å². The fourth-order valence-electron chi connectivity index (χ4n) is 3.71. The van der Waals surface area contributed by atoms with Gasteiger partial charge in [0.25, 0.3) is 0 Å². The van der Waals surface area contributed by atoms with Crippen LogP contribution in [0.15, 0.2) is 60.7 Å². The highest BCUT2D eigenvalue weighted by molar-refractivity contribution is 6.14. The summed E-state index contributed by atoms with van der Waals surface area (Å²) in [5.41, 5.74) is 1.02. The predicted molar refractivity (Wildman–Crippen MR) is 113 cm³/mol. The molecule has 0 N–H and O–H groups in total. The lowest BCUT2D eigenvalue weighted by Crippen LogP contribution is -2.47. The van der Waals surface area contributed by atoms with Crippen molar-refractivity contribution in [2.45, 2.75) is 46.1 Å². The molecule has 2 aromatic rings. The molecule has 0 bridgehead atoms. The fraction of sp³-hybridized carbons (Fsp3) is 0.417. The van der Waals surface area contributed by atoms with E-state index in [4.69, 9.17) is 0 Å². The summed E-state index contributed by atoms with van der Waals surface area (Å²) in [5, 5.41) is 0. The summed E-state index contributed by atoms with van der Waals surface area (Å²) in [6.07, 6.45) is 3.10. The molecule has 4 heteroatoms. The molecular formula is C24H30N2O2. The minimum atomic E-state index is -0.880. The standard InChI is InChI=1S/C24H30N2O2/c1-3-17-25(18-4-2)22(27)24(15-16-24)23(28)26(21-13-9-6-10-14-21)19-20-11-7-5-8-12-20/h5-14H,3-4,15-19H2,1-2H3. The molecule has 0 atom stereocenters. The van der Waals surface area contributed by atoms with E-state index in [1.807, 2.05) is 65.6 Å².